The van der Waals surface area contributed by atoms with Crippen molar-refractivity contribution < 1.29 is 9.53 Å². The first kappa shape index (κ1) is 16.0. The smallest absolute Gasteiger partial charge is 0.217 e. The summed E-state index contributed by atoms with van der Waals surface area (Å²) in [5.41, 5.74) is 0.855. The molecule has 0 bridgehead atoms. The monoisotopic (exact) mass is 275 g/mol. The van der Waals surface area contributed by atoms with Gasteiger partial charge < -0.3 is 10.1 Å². The SMILES string of the molecule is CCOc1cccc(C(C#N)NCC(C)NC(C)=O)c1. The number of benzene rings is 1. The van der Waals surface area contributed by atoms with Crippen LogP contribution in [-0.4, -0.2) is 25.1 Å². The van der Waals surface area contributed by atoms with Crippen LogP contribution in [0, 0.1) is 11.3 Å². The molecule has 0 heterocycles. The summed E-state index contributed by atoms with van der Waals surface area (Å²) in [4.78, 5) is 10.9. The van der Waals surface area contributed by atoms with Gasteiger partial charge in [-0.2, -0.15) is 5.26 Å². The highest BCUT2D eigenvalue weighted by atomic mass is 16.5. The van der Waals surface area contributed by atoms with Crippen LogP contribution in [0.25, 0.3) is 0 Å². The zero-order chi connectivity index (χ0) is 15.0. The fourth-order valence-corrected chi connectivity index (χ4v) is 1.88. The number of rotatable bonds is 7. The van der Waals surface area contributed by atoms with E-state index in [-0.39, 0.29) is 11.9 Å². The summed E-state index contributed by atoms with van der Waals surface area (Å²) in [6.07, 6.45) is 0. The third kappa shape index (κ3) is 5.29. The Bertz CT molecular complexity index is 482. The minimum atomic E-state index is -0.424. The van der Waals surface area contributed by atoms with Crippen LogP contribution in [0.2, 0.25) is 0 Å². The first-order chi connectivity index (χ1) is 9.56. The summed E-state index contributed by atoms with van der Waals surface area (Å²) in [5.74, 6) is 0.674. The summed E-state index contributed by atoms with van der Waals surface area (Å²) in [6, 6.07) is 9.23. The van der Waals surface area contributed by atoms with Gasteiger partial charge in [0.05, 0.1) is 12.7 Å². The van der Waals surface area contributed by atoms with Crippen LogP contribution in [0.3, 0.4) is 0 Å². The van der Waals surface area contributed by atoms with Gasteiger partial charge in [-0.1, -0.05) is 12.1 Å². The molecule has 0 aliphatic carbocycles. The van der Waals surface area contributed by atoms with Crippen molar-refractivity contribution in [2.24, 2.45) is 0 Å². The zero-order valence-corrected chi connectivity index (χ0v) is 12.1. The normalized spacial score (nSPS) is 13.1. The second kappa shape index (κ2) is 8.18. The lowest BCUT2D eigenvalue weighted by molar-refractivity contribution is -0.119. The van der Waals surface area contributed by atoms with Gasteiger partial charge in [-0.25, -0.2) is 0 Å². The molecule has 0 fully saturated rings. The Balaban J connectivity index is 2.64. The number of nitriles is 1. The average molecular weight is 275 g/mol. The number of ether oxygens (including phenoxy) is 1. The molecule has 2 atom stereocenters. The van der Waals surface area contributed by atoms with E-state index in [9.17, 15) is 10.1 Å². The number of hydrogen-bond acceptors (Lipinski definition) is 4. The summed E-state index contributed by atoms with van der Waals surface area (Å²) in [7, 11) is 0. The van der Waals surface area contributed by atoms with E-state index in [2.05, 4.69) is 16.7 Å². The zero-order valence-electron chi connectivity index (χ0n) is 12.1. The molecule has 0 aromatic heterocycles. The molecule has 0 spiro atoms. The van der Waals surface area contributed by atoms with Gasteiger partial charge in [-0.15, -0.1) is 0 Å². The molecule has 1 aromatic carbocycles. The van der Waals surface area contributed by atoms with Crippen molar-refractivity contribution in [2.75, 3.05) is 13.2 Å². The van der Waals surface area contributed by atoms with Gasteiger partial charge >= 0.3 is 0 Å². The molecule has 2 unspecified atom stereocenters. The first-order valence-electron chi connectivity index (χ1n) is 6.69. The molecule has 1 amide bonds. The highest BCUT2D eigenvalue weighted by Crippen LogP contribution is 2.19. The molecular weight excluding hydrogens is 254 g/mol. The van der Waals surface area contributed by atoms with Gasteiger partial charge in [0.25, 0.3) is 0 Å². The summed E-state index contributed by atoms with van der Waals surface area (Å²) >= 11 is 0. The number of carbonyl (C=O) groups is 1. The molecule has 108 valence electrons. The van der Waals surface area contributed by atoms with Gasteiger partial charge in [0.15, 0.2) is 0 Å². The van der Waals surface area contributed by atoms with Crippen molar-refractivity contribution >= 4 is 5.91 Å². The Morgan fingerprint density at radius 3 is 2.85 bits per heavy atom. The third-order valence-electron chi connectivity index (χ3n) is 2.71. The van der Waals surface area contributed by atoms with Gasteiger partial charge in [-0.3, -0.25) is 10.1 Å². The Labute approximate surface area is 119 Å². The van der Waals surface area contributed by atoms with Gasteiger partial charge in [0.2, 0.25) is 5.91 Å². The highest BCUT2D eigenvalue weighted by Gasteiger charge is 2.12. The Hall–Kier alpha value is -2.06. The number of amides is 1. The van der Waals surface area contributed by atoms with Crippen LogP contribution in [-0.2, 0) is 4.79 Å². The van der Waals surface area contributed by atoms with Crippen molar-refractivity contribution in [3.05, 3.63) is 29.8 Å². The van der Waals surface area contributed by atoms with E-state index in [0.717, 1.165) is 11.3 Å². The molecule has 0 aliphatic rings. The van der Waals surface area contributed by atoms with Crippen LogP contribution in [0.5, 0.6) is 5.75 Å². The minimum absolute atomic E-state index is 0.0292. The number of carbonyl (C=O) groups excluding carboxylic acids is 1. The molecule has 0 aliphatic heterocycles. The topological polar surface area (TPSA) is 74.2 Å². The van der Waals surface area contributed by atoms with Crippen molar-refractivity contribution in [1.82, 2.24) is 10.6 Å². The molecule has 5 nitrogen and oxygen atoms in total. The van der Waals surface area contributed by atoms with Crippen molar-refractivity contribution in [1.29, 1.82) is 5.26 Å². The van der Waals surface area contributed by atoms with Crippen LogP contribution in [0.15, 0.2) is 24.3 Å². The Kier molecular flexibility index (Phi) is 6.54. The Morgan fingerprint density at radius 2 is 2.25 bits per heavy atom. The van der Waals surface area contributed by atoms with E-state index < -0.39 is 6.04 Å². The van der Waals surface area contributed by atoms with Crippen molar-refractivity contribution in [3.63, 3.8) is 0 Å². The summed E-state index contributed by atoms with van der Waals surface area (Å²) in [6.45, 7) is 6.40. The van der Waals surface area contributed by atoms with E-state index in [1.54, 1.807) is 0 Å². The molecule has 0 radical (unpaired) electrons. The molecule has 0 saturated carbocycles. The maximum atomic E-state index is 10.9. The maximum absolute atomic E-state index is 10.9. The lowest BCUT2D eigenvalue weighted by atomic mass is 10.1. The molecular formula is C15H21N3O2. The van der Waals surface area contributed by atoms with Crippen LogP contribution < -0.4 is 15.4 Å². The fourth-order valence-electron chi connectivity index (χ4n) is 1.88. The van der Waals surface area contributed by atoms with Crippen LogP contribution >= 0.6 is 0 Å². The van der Waals surface area contributed by atoms with Crippen molar-refractivity contribution in [3.8, 4) is 11.8 Å². The van der Waals surface area contributed by atoms with Crippen LogP contribution in [0.1, 0.15) is 32.4 Å². The van der Waals surface area contributed by atoms with Crippen molar-refractivity contribution in [2.45, 2.75) is 32.9 Å². The maximum Gasteiger partial charge on any atom is 0.217 e. The average Bonchev–Trinajstić information content (AvgIpc) is 2.39. The standard InChI is InChI=1S/C15H21N3O2/c1-4-20-14-7-5-6-13(8-14)15(9-16)17-10-11(2)18-12(3)19/h5-8,11,15,17H,4,10H2,1-3H3,(H,18,19). The largest absolute Gasteiger partial charge is 0.494 e. The first-order valence-corrected chi connectivity index (χ1v) is 6.69. The van der Waals surface area contributed by atoms with E-state index in [1.165, 1.54) is 6.92 Å². The predicted molar refractivity (Wildman–Crippen MR) is 77.2 cm³/mol. The second-order valence-electron chi connectivity index (χ2n) is 4.58. The van der Waals surface area contributed by atoms with Gasteiger partial charge in [0.1, 0.15) is 11.8 Å². The second-order valence-corrected chi connectivity index (χ2v) is 4.58. The molecule has 20 heavy (non-hydrogen) atoms. The highest BCUT2D eigenvalue weighted by molar-refractivity contribution is 5.73. The van der Waals surface area contributed by atoms with Gasteiger partial charge in [0, 0.05) is 19.5 Å². The summed E-state index contributed by atoms with van der Waals surface area (Å²) < 4.78 is 5.43. The number of nitrogens with one attached hydrogen (secondary N) is 2. The molecule has 0 saturated heterocycles. The number of hydrogen-bond donors (Lipinski definition) is 2. The molecule has 1 aromatic rings. The lowest BCUT2D eigenvalue weighted by Gasteiger charge is -2.17. The van der Waals surface area contributed by atoms with E-state index >= 15 is 0 Å². The van der Waals surface area contributed by atoms with E-state index in [4.69, 9.17) is 4.74 Å². The minimum Gasteiger partial charge on any atom is -0.494 e. The van der Waals surface area contributed by atoms with Gasteiger partial charge in [-0.05, 0) is 31.5 Å². The molecule has 2 N–H and O–H groups in total. The fraction of sp³-hybridized carbons (Fsp3) is 0.467. The lowest BCUT2D eigenvalue weighted by Crippen LogP contribution is -2.39. The van der Waals surface area contributed by atoms with E-state index in [0.29, 0.717) is 13.2 Å². The quantitative estimate of drug-likeness (QED) is 0.795. The van der Waals surface area contributed by atoms with Crippen LogP contribution in [0.4, 0.5) is 0 Å². The third-order valence-corrected chi connectivity index (χ3v) is 2.71. The molecule has 5 heteroatoms. The Morgan fingerprint density at radius 1 is 1.50 bits per heavy atom. The van der Waals surface area contributed by atoms with E-state index in [1.807, 2.05) is 38.1 Å². The molecule has 1 rings (SSSR count). The number of nitrogens with zero attached hydrogens (tertiary/aromatic N) is 1. The predicted octanol–water partition coefficient (Wildman–Crippen LogP) is 1.76. The summed E-state index contributed by atoms with van der Waals surface area (Å²) in [5, 5.41) is 15.2.